The number of hydrogen-bond acceptors (Lipinski definition) is 7. The van der Waals surface area contributed by atoms with Crippen molar-refractivity contribution in [2.45, 2.75) is 31.3 Å². The zero-order chi connectivity index (χ0) is 15.6. The molecular weight excluding hydrogens is 308 g/mol. The van der Waals surface area contributed by atoms with Crippen molar-refractivity contribution in [2.75, 3.05) is 0 Å². The van der Waals surface area contributed by atoms with Crippen molar-refractivity contribution in [3.8, 4) is 0 Å². The summed E-state index contributed by atoms with van der Waals surface area (Å²) in [5, 5.41) is 9.87. The number of amides is 2. The summed E-state index contributed by atoms with van der Waals surface area (Å²) in [5.74, 6) is -0.982. The molecule has 0 saturated heterocycles. The van der Waals surface area contributed by atoms with Gasteiger partial charge in [0.05, 0.1) is 0 Å². The number of nitrogens with one attached hydrogen (secondary N) is 2. The molecule has 0 aliphatic carbocycles. The van der Waals surface area contributed by atoms with Crippen LogP contribution < -0.4 is 10.2 Å². The Morgan fingerprint density at radius 3 is 2.45 bits per heavy atom. The first kappa shape index (κ1) is 16.4. The monoisotopic (exact) mass is 322 g/mol. The van der Waals surface area contributed by atoms with Gasteiger partial charge in [-0.2, -0.15) is 0 Å². The quantitative estimate of drug-likeness (QED) is 0.565. The minimum Gasteiger partial charge on any atom is -0.443 e. The molecule has 8 nitrogen and oxygen atoms in total. The van der Waals surface area contributed by atoms with Gasteiger partial charge >= 0.3 is 6.09 Å². The van der Waals surface area contributed by atoms with Crippen LogP contribution in [0.3, 0.4) is 0 Å². The minimum atomic E-state index is -4.26. The summed E-state index contributed by atoms with van der Waals surface area (Å²) in [7, 11) is -4.26. The van der Waals surface area contributed by atoms with Gasteiger partial charge in [0.15, 0.2) is 0 Å². The van der Waals surface area contributed by atoms with Crippen LogP contribution in [0.1, 0.15) is 30.4 Å². The molecule has 10 heteroatoms. The summed E-state index contributed by atoms with van der Waals surface area (Å²) in [5.41, 5.74) is 0.473. The summed E-state index contributed by atoms with van der Waals surface area (Å²) in [6, 6.07) is 1.14. The summed E-state index contributed by atoms with van der Waals surface area (Å²) in [6.45, 7) is 4.73. The fraction of sp³-hybridized carbons (Fsp3) is 0.400. The highest BCUT2D eigenvalue weighted by molar-refractivity contribution is 7.90. The van der Waals surface area contributed by atoms with E-state index in [2.05, 4.69) is 0 Å². The second kappa shape index (κ2) is 5.77. The van der Waals surface area contributed by atoms with E-state index in [-0.39, 0.29) is 4.88 Å². The molecule has 1 aromatic rings. The van der Waals surface area contributed by atoms with Crippen LogP contribution in [0.4, 0.5) is 4.79 Å². The van der Waals surface area contributed by atoms with Crippen molar-refractivity contribution < 1.29 is 28.0 Å². The predicted molar refractivity (Wildman–Crippen MR) is 70.1 cm³/mol. The van der Waals surface area contributed by atoms with Gasteiger partial charge in [-0.05, 0) is 32.2 Å². The van der Waals surface area contributed by atoms with E-state index >= 15 is 0 Å². The molecule has 0 spiro atoms. The highest BCUT2D eigenvalue weighted by Crippen LogP contribution is 2.22. The normalized spacial score (nSPS) is 11.8. The van der Waals surface area contributed by atoms with Gasteiger partial charge in [-0.15, -0.1) is 11.3 Å². The molecule has 0 aliphatic rings. The second-order valence-electron chi connectivity index (χ2n) is 4.66. The van der Waals surface area contributed by atoms with E-state index in [4.69, 9.17) is 9.94 Å². The van der Waals surface area contributed by atoms with Gasteiger partial charge in [0, 0.05) is 0 Å². The third-order valence-electron chi connectivity index (χ3n) is 1.84. The van der Waals surface area contributed by atoms with Crippen molar-refractivity contribution in [2.24, 2.45) is 0 Å². The topological polar surface area (TPSA) is 122 Å². The molecule has 3 N–H and O–H groups in total. The number of carbonyl (C=O) groups excluding carboxylic acids is 2. The van der Waals surface area contributed by atoms with Crippen LogP contribution in [0.5, 0.6) is 0 Å². The van der Waals surface area contributed by atoms with E-state index in [9.17, 15) is 18.0 Å². The van der Waals surface area contributed by atoms with Crippen LogP contribution >= 0.6 is 11.3 Å². The van der Waals surface area contributed by atoms with Crippen molar-refractivity contribution >= 4 is 33.4 Å². The molecule has 0 bridgehead atoms. The molecule has 2 amide bonds. The predicted octanol–water partition coefficient (Wildman–Crippen LogP) is 1.08. The number of thiophene rings is 1. The van der Waals surface area contributed by atoms with E-state index in [0.717, 1.165) is 17.4 Å². The fourth-order valence-corrected chi connectivity index (χ4v) is 3.38. The van der Waals surface area contributed by atoms with Gasteiger partial charge < -0.3 is 4.74 Å². The van der Waals surface area contributed by atoms with E-state index in [1.807, 2.05) is 0 Å². The Bertz CT molecular complexity index is 614. The highest BCUT2D eigenvalue weighted by Gasteiger charge is 2.27. The van der Waals surface area contributed by atoms with Crippen molar-refractivity contribution in [3.05, 3.63) is 16.3 Å². The lowest BCUT2D eigenvalue weighted by molar-refractivity contribution is 0.0569. The van der Waals surface area contributed by atoms with Crippen LogP contribution in [0.25, 0.3) is 0 Å². The second-order valence-corrected chi connectivity index (χ2v) is 7.23. The zero-order valence-electron chi connectivity index (χ0n) is 11.0. The Kier molecular flexibility index (Phi) is 4.73. The van der Waals surface area contributed by atoms with Gasteiger partial charge in [-0.3, -0.25) is 10.0 Å². The van der Waals surface area contributed by atoms with Crippen LogP contribution in [-0.2, 0) is 14.8 Å². The van der Waals surface area contributed by atoms with Crippen molar-refractivity contribution in [1.82, 2.24) is 10.2 Å². The van der Waals surface area contributed by atoms with E-state index < -0.39 is 32.5 Å². The average Bonchev–Trinajstić information content (AvgIpc) is 2.73. The summed E-state index contributed by atoms with van der Waals surface area (Å²) in [4.78, 5) is 22.1. The fourth-order valence-electron chi connectivity index (χ4n) is 1.19. The number of carbonyl (C=O) groups is 2. The number of rotatable bonds is 3. The first-order valence-corrected chi connectivity index (χ1v) is 7.71. The zero-order valence-corrected chi connectivity index (χ0v) is 12.6. The molecular formula is C10H14N2O6S2. The third-order valence-corrected chi connectivity index (χ3v) is 4.24. The molecule has 20 heavy (non-hydrogen) atoms. The smallest absolute Gasteiger partial charge is 0.421 e. The molecule has 0 unspecified atom stereocenters. The average molecular weight is 322 g/mol. The van der Waals surface area contributed by atoms with Gasteiger partial charge in [-0.25, -0.2) is 23.4 Å². The molecule has 0 atom stereocenters. The van der Waals surface area contributed by atoms with E-state index in [1.54, 1.807) is 25.5 Å². The van der Waals surface area contributed by atoms with Gasteiger partial charge in [-0.1, -0.05) is 0 Å². The number of ether oxygens (including phenoxy) is 1. The molecule has 0 radical (unpaired) electrons. The molecule has 112 valence electrons. The summed E-state index contributed by atoms with van der Waals surface area (Å²) < 4.78 is 30.4. The molecule has 1 aromatic heterocycles. The van der Waals surface area contributed by atoms with Crippen molar-refractivity contribution in [3.63, 3.8) is 0 Å². The Labute approximate surface area is 119 Å². The lowest BCUT2D eigenvalue weighted by Crippen LogP contribution is -2.36. The maximum atomic E-state index is 12.0. The largest absolute Gasteiger partial charge is 0.443 e. The number of hydrogen-bond donors (Lipinski definition) is 3. The molecule has 0 fully saturated rings. The Morgan fingerprint density at radius 1 is 1.35 bits per heavy atom. The molecule has 0 aromatic carbocycles. The standard InChI is InChI=1S/C10H14N2O6S2/c1-10(2,3)18-9(14)12-20(16,17)6-4-5-19-7(6)8(13)11-15/h4-5,15H,1-3H3,(H,11,13)(H,12,14). The Balaban J connectivity index is 2.98. The molecule has 0 saturated carbocycles. The van der Waals surface area contributed by atoms with Crippen LogP contribution in [0.15, 0.2) is 16.3 Å². The lowest BCUT2D eigenvalue weighted by Gasteiger charge is -2.19. The molecule has 1 rings (SSSR count). The maximum absolute atomic E-state index is 12.0. The van der Waals surface area contributed by atoms with Gasteiger partial charge in [0.1, 0.15) is 15.4 Å². The van der Waals surface area contributed by atoms with Crippen molar-refractivity contribution in [1.29, 1.82) is 0 Å². The van der Waals surface area contributed by atoms with Crippen LogP contribution in [-0.4, -0.2) is 31.2 Å². The lowest BCUT2D eigenvalue weighted by atomic mass is 10.2. The summed E-state index contributed by atoms with van der Waals surface area (Å²) in [6.07, 6.45) is -1.15. The van der Waals surface area contributed by atoms with Crippen LogP contribution in [0, 0.1) is 0 Å². The minimum absolute atomic E-state index is 0.247. The first-order valence-electron chi connectivity index (χ1n) is 5.34. The van der Waals surface area contributed by atoms with E-state index in [0.29, 0.717) is 0 Å². The number of hydroxylamine groups is 1. The van der Waals surface area contributed by atoms with E-state index in [1.165, 1.54) is 10.9 Å². The Morgan fingerprint density at radius 2 is 1.95 bits per heavy atom. The van der Waals surface area contributed by atoms with Gasteiger partial charge in [0.25, 0.3) is 15.9 Å². The first-order chi connectivity index (χ1) is 9.07. The molecule has 0 aliphatic heterocycles. The number of sulfonamides is 1. The highest BCUT2D eigenvalue weighted by atomic mass is 32.2. The maximum Gasteiger partial charge on any atom is 0.421 e. The molecule has 1 heterocycles. The third kappa shape index (κ3) is 4.18. The SMILES string of the molecule is CC(C)(C)OC(=O)NS(=O)(=O)c1ccsc1C(=O)NO. The summed E-state index contributed by atoms with van der Waals surface area (Å²) >= 11 is 0.806. The Hall–Kier alpha value is -1.65. The van der Waals surface area contributed by atoms with Gasteiger partial charge in [0.2, 0.25) is 0 Å². The van der Waals surface area contributed by atoms with Crippen LogP contribution in [0.2, 0.25) is 0 Å².